The molecule has 1 aromatic rings. The molecule has 2 N–H and O–H groups in total. The average Bonchev–Trinajstić information content (AvgIpc) is 2.17. The summed E-state index contributed by atoms with van der Waals surface area (Å²) in [6, 6.07) is 3.81. The molecule has 0 aliphatic heterocycles. The molecule has 1 atom stereocenters. The first-order chi connectivity index (χ1) is 5.77. The molecule has 0 saturated heterocycles. The first-order valence-electron chi connectivity index (χ1n) is 3.96. The van der Waals surface area contributed by atoms with Gasteiger partial charge in [-0.15, -0.1) is 6.42 Å². The summed E-state index contributed by atoms with van der Waals surface area (Å²) < 4.78 is 0. The zero-order valence-electron chi connectivity index (χ0n) is 7.12. The summed E-state index contributed by atoms with van der Waals surface area (Å²) >= 11 is 0. The summed E-state index contributed by atoms with van der Waals surface area (Å²) in [5.74, 6) is 2.46. The summed E-state index contributed by atoms with van der Waals surface area (Å²) in [5.41, 5.74) is 7.49. The summed E-state index contributed by atoms with van der Waals surface area (Å²) in [6.45, 7) is 2.04. The average molecular weight is 160 g/mol. The van der Waals surface area contributed by atoms with Crippen LogP contribution in [0.1, 0.15) is 30.6 Å². The number of hydrogen-bond donors (Lipinski definition) is 1. The van der Waals surface area contributed by atoms with Crippen LogP contribution in [-0.2, 0) is 0 Å². The van der Waals surface area contributed by atoms with Gasteiger partial charge in [-0.2, -0.15) is 0 Å². The second kappa shape index (κ2) is 3.89. The van der Waals surface area contributed by atoms with Crippen LogP contribution in [0, 0.1) is 12.3 Å². The van der Waals surface area contributed by atoms with Crippen LogP contribution in [0.2, 0.25) is 0 Å². The van der Waals surface area contributed by atoms with E-state index in [2.05, 4.69) is 10.9 Å². The normalized spacial score (nSPS) is 12.1. The molecule has 12 heavy (non-hydrogen) atoms. The lowest BCUT2D eigenvalue weighted by Gasteiger charge is -2.07. The van der Waals surface area contributed by atoms with Crippen LogP contribution in [0.4, 0.5) is 0 Å². The van der Waals surface area contributed by atoms with Crippen molar-refractivity contribution in [3.8, 4) is 12.3 Å². The zero-order chi connectivity index (χ0) is 8.97. The lowest BCUT2D eigenvalue weighted by atomic mass is 10.1. The molecule has 2 heteroatoms. The molecule has 1 unspecified atom stereocenters. The van der Waals surface area contributed by atoms with E-state index in [1.54, 1.807) is 6.20 Å². The van der Waals surface area contributed by atoms with E-state index < -0.39 is 0 Å². The third kappa shape index (κ3) is 1.84. The summed E-state index contributed by atoms with van der Waals surface area (Å²) in [6.07, 6.45) is 7.82. The van der Waals surface area contributed by atoms with Crippen LogP contribution >= 0.6 is 0 Å². The Hall–Kier alpha value is -1.33. The van der Waals surface area contributed by atoms with E-state index in [9.17, 15) is 0 Å². The van der Waals surface area contributed by atoms with Crippen molar-refractivity contribution in [2.24, 2.45) is 5.73 Å². The standard InChI is InChI=1S/C10H12N2/c1-3-9-6-5-8(7-12-9)10(11)4-2/h1,5-7,10H,4,11H2,2H3. The van der Waals surface area contributed by atoms with Crippen LogP contribution in [-0.4, -0.2) is 4.98 Å². The Labute approximate surface area is 72.8 Å². The number of terminal acetylenes is 1. The largest absolute Gasteiger partial charge is 0.324 e. The van der Waals surface area contributed by atoms with Gasteiger partial charge >= 0.3 is 0 Å². The monoisotopic (exact) mass is 160 g/mol. The lowest BCUT2D eigenvalue weighted by molar-refractivity contribution is 0.695. The highest BCUT2D eigenvalue weighted by molar-refractivity contribution is 5.27. The Bertz CT molecular complexity index is 282. The van der Waals surface area contributed by atoms with Gasteiger partial charge in [-0.05, 0) is 18.1 Å². The van der Waals surface area contributed by atoms with E-state index in [0.29, 0.717) is 5.69 Å². The smallest absolute Gasteiger partial charge is 0.112 e. The third-order valence-corrected chi connectivity index (χ3v) is 1.80. The Morgan fingerprint density at radius 2 is 2.42 bits per heavy atom. The van der Waals surface area contributed by atoms with Gasteiger partial charge in [-0.1, -0.05) is 18.9 Å². The van der Waals surface area contributed by atoms with Gasteiger partial charge in [0.05, 0.1) is 0 Å². The predicted octanol–water partition coefficient (Wildman–Crippen LogP) is 1.47. The molecule has 0 saturated carbocycles. The van der Waals surface area contributed by atoms with Crippen molar-refractivity contribution in [2.45, 2.75) is 19.4 Å². The number of nitrogens with zero attached hydrogens (tertiary/aromatic N) is 1. The van der Waals surface area contributed by atoms with Gasteiger partial charge in [-0.3, -0.25) is 0 Å². The quantitative estimate of drug-likeness (QED) is 0.665. The minimum Gasteiger partial charge on any atom is -0.324 e. The molecule has 1 rings (SSSR count). The van der Waals surface area contributed by atoms with Crippen LogP contribution in [0.15, 0.2) is 18.3 Å². The predicted molar refractivity (Wildman–Crippen MR) is 49.4 cm³/mol. The Morgan fingerprint density at radius 1 is 1.67 bits per heavy atom. The van der Waals surface area contributed by atoms with Crippen molar-refractivity contribution >= 4 is 0 Å². The van der Waals surface area contributed by atoms with Crippen molar-refractivity contribution in [1.29, 1.82) is 0 Å². The van der Waals surface area contributed by atoms with Crippen molar-refractivity contribution in [2.75, 3.05) is 0 Å². The van der Waals surface area contributed by atoms with E-state index in [0.717, 1.165) is 12.0 Å². The van der Waals surface area contributed by atoms with E-state index in [1.807, 2.05) is 19.1 Å². The second-order valence-corrected chi connectivity index (χ2v) is 2.64. The molecule has 62 valence electrons. The van der Waals surface area contributed by atoms with Crippen molar-refractivity contribution in [3.05, 3.63) is 29.6 Å². The second-order valence-electron chi connectivity index (χ2n) is 2.64. The molecule has 0 spiro atoms. The van der Waals surface area contributed by atoms with E-state index in [1.165, 1.54) is 0 Å². The minimum absolute atomic E-state index is 0.0734. The van der Waals surface area contributed by atoms with Gasteiger partial charge in [0, 0.05) is 12.2 Å². The van der Waals surface area contributed by atoms with Crippen LogP contribution in [0.5, 0.6) is 0 Å². The molecule has 0 aliphatic carbocycles. The maximum absolute atomic E-state index is 5.79. The fourth-order valence-corrected chi connectivity index (χ4v) is 0.946. The molecule has 0 radical (unpaired) electrons. The lowest BCUT2D eigenvalue weighted by Crippen LogP contribution is -2.08. The topological polar surface area (TPSA) is 38.9 Å². The van der Waals surface area contributed by atoms with Gasteiger partial charge in [0.1, 0.15) is 5.69 Å². The Kier molecular flexibility index (Phi) is 2.84. The molecule has 1 heterocycles. The molecule has 0 fully saturated rings. The molecular formula is C10H12N2. The first kappa shape index (κ1) is 8.76. The van der Waals surface area contributed by atoms with Crippen molar-refractivity contribution in [1.82, 2.24) is 4.98 Å². The number of hydrogen-bond acceptors (Lipinski definition) is 2. The van der Waals surface area contributed by atoms with Gasteiger partial charge in [-0.25, -0.2) is 4.98 Å². The number of pyridine rings is 1. The van der Waals surface area contributed by atoms with Gasteiger partial charge < -0.3 is 5.73 Å². The van der Waals surface area contributed by atoms with Gasteiger partial charge in [0.15, 0.2) is 0 Å². The third-order valence-electron chi connectivity index (χ3n) is 1.80. The molecule has 2 nitrogen and oxygen atoms in total. The Morgan fingerprint density at radius 3 is 2.83 bits per heavy atom. The van der Waals surface area contributed by atoms with E-state index >= 15 is 0 Å². The van der Waals surface area contributed by atoms with Crippen LogP contribution in [0.3, 0.4) is 0 Å². The highest BCUT2D eigenvalue weighted by Crippen LogP contribution is 2.11. The number of nitrogens with two attached hydrogens (primary N) is 1. The van der Waals surface area contributed by atoms with Gasteiger partial charge in [0.2, 0.25) is 0 Å². The molecule has 0 aromatic carbocycles. The SMILES string of the molecule is C#Cc1ccc(C(N)CC)cn1. The molecule has 0 aliphatic rings. The van der Waals surface area contributed by atoms with E-state index in [4.69, 9.17) is 12.2 Å². The van der Waals surface area contributed by atoms with Gasteiger partial charge in [0.25, 0.3) is 0 Å². The fourth-order valence-electron chi connectivity index (χ4n) is 0.946. The molecule has 1 aromatic heterocycles. The highest BCUT2D eigenvalue weighted by Gasteiger charge is 2.01. The first-order valence-corrected chi connectivity index (χ1v) is 3.96. The maximum atomic E-state index is 5.79. The molecular weight excluding hydrogens is 148 g/mol. The van der Waals surface area contributed by atoms with Crippen LogP contribution in [0.25, 0.3) is 0 Å². The summed E-state index contributed by atoms with van der Waals surface area (Å²) in [7, 11) is 0. The number of rotatable bonds is 2. The maximum Gasteiger partial charge on any atom is 0.112 e. The highest BCUT2D eigenvalue weighted by atomic mass is 14.7. The zero-order valence-corrected chi connectivity index (χ0v) is 7.12. The van der Waals surface area contributed by atoms with Crippen molar-refractivity contribution < 1.29 is 0 Å². The Balaban J connectivity index is 2.86. The summed E-state index contributed by atoms with van der Waals surface area (Å²) in [4.78, 5) is 4.05. The van der Waals surface area contributed by atoms with Crippen molar-refractivity contribution in [3.63, 3.8) is 0 Å². The number of aromatic nitrogens is 1. The molecule has 0 amide bonds. The summed E-state index contributed by atoms with van der Waals surface area (Å²) in [5, 5.41) is 0. The van der Waals surface area contributed by atoms with Crippen LogP contribution < -0.4 is 5.73 Å². The minimum atomic E-state index is 0.0734. The van der Waals surface area contributed by atoms with E-state index in [-0.39, 0.29) is 6.04 Å². The molecule has 0 bridgehead atoms. The fraction of sp³-hybridized carbons (Fsp3) is 0.300.